The van der Waals surface area contributed by atoms with E-state index in [-0.39, 0.29) is 48.0 Å². The molecular formula is C29H42O6. The molecule has 1 aliphatic heterocycles. The average Bonchev–Trinajstić information content (AvgIpc) is 2.78. The minimum Gasteiger partial charge on any atom is -0.459 e. The number of ketones is 1. The van der Waals surface area contributed by atoms with Gasteiger partial charge in [-0.2, -0.15) is 0 Å². The lowest BCUT2D eigenvalue weighted by Crippen LogP contribution is -2.63. The molecule has 4 rings (SSSR count). The Bertz CT molecular complexity index is 890. The molecule has 6 nitrogen and oxygen atoms in total. The summed E-state index contributed by atoms with van der Waals surface area (Å²) in [5, 5.41) is 0. The third-order valence-corrected chi connectivity index (χ3v) is 8.05. The van der Waals surface area contributed by atoms with Gasteiger partial charge in [0.2, 0.25) is 0 Å². The highest BCUT2D eigenvalue weighted by atomic mass is 16.7. The monoisotopic (exact) mass is 486 g/mol. The Morgan fingerprint density at radius 3 is 2.60 bits per heavy atom. The molecule has 6 heteroatoms. The number of esters is 1. The summed E-state index contributed by atoms with van der Waals surface area (Å²) in [6, 6.07) is 10.0. The van der Waals surface area contributed by atoms with Gasteiger partial charge in [0.1, 0.15) is 11.4 Å². The normalized spacial score (nSPS) is 33.2. The third-order valence-electron chi connectivity index (χ3n) is 8.05. The van der Waals surface area contributed by atoms with Crippen molar-refractivity contribution in [3.63, 3.8) is 0 Å². The van der Waals surface area contributed by atoms with Crippen LogP contribution in [-0.2, 0) is 35.1 Å². The summed E-state index contributed by atoms with van der Waals surface area (Å²) in [5.41, 5.74) is -0.702. The fourth-order valence-corrected chi connectivity index (χ4v) is 6.72. The average molecular weight is 487 g/mol. The highest BCUT2D eigenvalue weighted by Crippen LogP contribution is 2.62. The number of Topliss-reactive ketones (excluding diaryl/α,β-unsaturated/α-hetero) is 1. The second-order valence-electron chi connectivity index (χ2n) is 12.0. The SMILES string of the molecule is CC(C)OC1C[C@H]2C(=O)CC[C@H]3[C@@](COCc4ccccc4)(C(=O)OC(C)(C)C)CCC[C@@]23CO1. The summed E-state index contributed by atoms with van der Waals surface area (Å²) < 4.78 is 24.5. The largest absolute Gasteiger partial charge is 0.459 e. The summed E-state index contributed by atoms with van der Waals surface area (Å²) in [4.78, 5) is 27.2. The first-order valence-electron chi connectivity index (χ1n) is 13.2. The quantitative estimate of drug-likeness (QED) is 0.476. The van der Waals surface area contributed by atoms with E-state index in [0.29, 0.717) is 38.9 Å². The number of hydrogen-bond acceptors (Lipinski definition) is 6. The maximum atomic E-state index is 13.9. The zero-order chi connectivity index (χ0) is 25.3. The van der Waals surface area contributed by atoms with Gasteiger partial charge in [0.15, 0.2) is 6.29 Å². The van der Waals surface area contributed by atoms with E-state index in [1.165, 1.54) is 0 Å². The molecule has 0 radical (unpaired) electrons. The van der Waals surface area contributed by atoms with Crippen LogP contribution in [0.25, 0.3) is 0 Å². The molecule has 0 N–H and O–H groups in total. The van der Waals surface area contributed by atoms with Crippen LogP contribution in [0.15, 0.2) is 30.3 Å². The molecule has 194 valence electrons. The van der Waals surface area contributed by atoms with Crippen molar-refractivity contribution in [2.24, 2.45) is 22.7 Å². The molecule has 1 unspecified atom stereocenters. The van der Waals surface area contributed by atoms with Crippen LogP contribution in [0.2, 0.25) is 0 Å². The summed E-state index contributed by atoms with van der Waals surface area (Å²) in [6.45, 7) is 10.9. The molecule has 2 saturated carbocycles. The minimum absolute atomic E-state index is 0.0298. The second kappa shape index (κ2) is 10.3. The van der Waals surface area contributed by atoms with Crippen LogP contribution in [0, 0.1) is 22.7 Å². The van der Waals surface area contributed by atoms with E-state index in [4.69, 9.17) is 18.9 Å². The Hall–Kier alpha value is -1.76. The summed E-state index contributed by atoms with van der Waals surface area (Å²) in [5.74, 6) is -0.102. The Morgan fingerprint density at radius 2 is 1.91 bits per heavy atom. The predicted molar refractivity (Wildman–Crippen MR) is 132 cm³/mol. The lowest BCUT2D eigenvalue weighted by atomic mass is 9.46. The van der Waals surface area contributed by atoms with Crippen LogP contribution in [0.5, 0.6) is 0 Å². The molecule has 5 atom stereocenters. The molecule has 35 heavy (non-hydrogen) atoms. The number of rotatable bonds is 7. The maximum absolute atomic E-state index is 13.9. The van der Waals surface area contributed by atoms with Gasteiger partial charge in [-0.15, -0.1) is 0 Å². The first kappa shape index (κ1) is 26.3. The van der Waals surface area contributed by atoms with Crippen LogP contribution in [0.1, 0.15) is 78.7 Å². The smallest absolute Gasteiger partial charge is 0.315 e. The molecule has 3 aliphatic rings. The van der Waals surface area contributed by atoms with Gasteiger partial charge in [-0.1, -0.05) is 36.8 Å². The zero-order valence-electron chi connectivity index (χ0n) is 22.0. The topological polar surface area (TPSA) is 71.1 Å². The predicted octanol–water partition coefficient (Wildman–Crippen LogP) is 5.47. The molecule has 0 amide bonds. The van der Waals surface area contributed by atoms with E-state index in [1.54, 1.807) is 0 Å². The van der Waals surface area contributed by atoms with Gasteiger partial charge >= 0.3 is 5.97 Å². The van der Waals surface area contributed by atoms with E-state index in [1.807, 2.05) is 65.0 Å². The number of carbonyl (C=O) groups is 2. The van der Waals surface area contributed by atoms with Gasteiger partial charge in [0.25, 0.3) is 0 Å². The van der Waals surface area contributed by atoms with Crippen LogP contribution >= 0.6 is 0 Å². The lowest BCUT2D eigenvalue weighted by molar-refractivity contribution is -0.261. The van der Waals surface area contributed by atoms with E-state index in [2.05, 4.69) is 0 Å². The van der Waals surface area contributed by atoms with Crippen molar-refractivity contribution >= 4 is 11.8 Å². The minimum atomic E-state index is -0.797. The molecule has 2 aliphatic carbocycles. The standard InChI is InChI=1S/C29H42O6/c1-20(2)34-25-16-22-23(30)12-13-24-28(22,19-33-25)14-9-15-29(24,26(31)35-27(3,4)5)18-32-17-21-10-7-6-8-11-21/h6-8,10-11,20,22,24-25H,9,12-19H2,1-5H3/t22-,24+,25?,28+,29+/m0/s1. The highest BCUT2D eigenvalue weighted by Gasteiger charge is 2.65. The van der Waals surface area contributed by atoms with E-state index in [9.17, 15) is 9.59 Å². The summed E-state index contributed by atoms with van der Waals surface area (Å²) in [7, 11) is 0. The molecular weight excluding hydrogens is 444 g/mol. The molecule has 1 aromatic rings. The van der Waals surface area contributed by atoms with Gasteiger partial charge in [-0.05, 0) is 65.4 Å². The van der Waals surface area contributed by atoms with Gasteiger partial charge in [-0.3, -0.25) is 9.59 Å². The van der Waals surface area contributed by atoms with Crippen molar-refractivity contribution in [2.75, 3.05) is 13.2 Å². The summed E-state index contributed by atoms with van der Waals surface area (Å²) in [6.07, 6.45) is 3.79. The lowest BCUT2D eigenvalue weighted by Gasteiger charge is -2.60. The van der Waals surface area contributed by atoms with E-state index in [0.717, 1.165) is 18.4 Å². The fourth-order valence-electron chi connectivity index (χ4n) is 6.72. The number of hydrogen-bond donors (Lipinski definition) is 0. The van der Waals surface area contributed by atoms with Crippen molar-refractivity contribution in [1.82, 2.24) is 0 Å². The Kier molecular flexibility index (Phi) is 7.75. The first-order valence-corrected chi connectivity index (χ1v) is 13.2. The van der Waals surface area contributed by atoms with Crippen molar-refractivity contribution in [3.8, 4) is 0 Å². The van der Waals surface area contributed by atoms with E-state index < -0.39 is 11.0 Å². The zero-order valence-corrected chi connectivity index (χ0v) is 22.0. The highest BCUT2D eigenvalue weighted by molar-refractivity contribution is 5.85. The Morgan fingerprint density at radius 1 is 1.17 bits per heavy atom. The number of benzene rings is 1. The number of carbonyl (C=O) groups excluding carboxylic acids is 2. The Labute approximate surface area is 210 Å². The molecule has 1 aromatic carbocycles. The second-order valence-corrected chi connectivity index (χ2v) is 12.0. The van der Waals surface area contributed by atoms with Crippen molar-refractivity contribution in [1.29, 1.82) is 0 Å². The first-order chi connectivity index (χ1) is 16.6. The van der Waals surface area contributed by atoms with Gasteiger partial charge < -0.3 is 18.9 Å². The number of ether oxygens (including phenoxy) is 4. The molecule has 0 bridgehead atoms. The molecule has 0 aromatic heterocycles. The van der Waals surface area contributed by atoms with E-state index >= 15 is 0 Å². The fraction of sp³-hybridized carbons (Fsp3) is 0.724. The van der Waals surface area contributed by atoms with Gasteiger partial charge in [0.05, 0.1) is 31.3 Å². The maximum Gasteiger partial charge on any atom is 0.315 e. The van der Waals surface area contributed by atoms with Crippen molar-refractivity contribution in [2.45, 2.75) is 97.7 Å². The van der Waals surface area contributed by atoms with Crippen LogP contribution in [0.4, 0.5) is 0 Å². The van der Waals surface area contributed by atoms with Crippen LogP contribution in [0.3, 0.4) is 0 Å². The summed E-state index contributed by atoms with van der Waals surface area (Å²) >= 11 is 0. The van der Waals surface area contributed by atoms with Gasteiger partial charge in [-0.25, -0.2) is 0 Å². The van der Waals surface area contributed by atoms with Crippen molar-refractivity contribution < 1.29 is 28.5 Å². The van der Waals surface area contributed by atoms with Gasteiger partial charge in [0, 0.05) is 24.2 Å². The van der Waals surface area contributed by atoms with Crippen molar-refractivity contribution in [3.05, 3.63) is 35.9 Å². The molecule has 1 spiro atoms. The molecule has 1 heterocycles. The molecule has 3 fully saturated rings. The van der Waals surface area contributed by atoms with Crippen LogP contribution in [-0.4, -0.2) is 43.0 Å². The van der Waals surface area contributed by atoms with Crippen LogP contribution < -0.4 is 0 Å². The Balaban J connectivity index is 1.64. The molecule has 1 saturated heterocycles. The third kappa shape index (κ3) is 5.50.